The smallest absolute Gasteiger partial charge is 0.336 e. The molecule has 2 aliphatic carbocycles. The fourth-order valence-electron chi connectivity index (χ4n) is 8.89. The summed E-state index contributed by atoms with van der Waals surface area (Å²) in [5, 5.41) is 9.52. The molecule has 72 heavy (non-hydrogen) atoms. The van der Waals surface area contributed by atoms with E-state index in [0.717, 1.165) is 108 Å². The van der Waals surface area contributed by atoms with E-state index in [-0.39, 0.29) is 30.2 Å². The number of aromatic nitrogens is 2. The van der Waals surface area contributed by atoms with Crippen molar-refractivity contribution in [3.05, 3.63) is 152 Å². The molecule has 0 saturated heterocycles. The molecule has 0 spiro atoms. The van der Waals surface area contributed by atoms with Gasteiger partial charge in [0.1, 0.15) is 22.9 Å². The molecule has 0 amide bonds. The van der Waals surface area contributed by atoms with Crippen LogP contribution in [0.4, 0.5) is 0 Å². The number of carboxylic acid groups (broad SMARTS) is 1. The topological polar surface area (TPSA) is 143 Å². The minimum atomic E-state index is -0.912. The van der Waals surface area contributed by atoms with Crippen LogP contribution in [0.2, 0.25) is 0 Å². The maximum atomic E-state index is 12.1. The highest BCUT2D eigenvalue weighted by Gasteiger charge is 2.27. The maximum absolute atomic E-state index is 12.1. The molecule has 0 bridgehead atoms. The van der Waals surface area contributed by atoms with Gasteiger partial charge in [0.2, 0.25) is 11.8 Å². The molecular weight excluding hydrogens is 905 g/mol. The first-order chi connectivity index (χ1) is 34.6. The fraction of sp³-hybridized carbons (Fsp3) is 0.475. The number of ether oxygens (including phenoxy) is 4. The normalized spacial score (nSPS) is 17.4. The summed E-state index contributed by atoms with van der Waals surface area (Å²) in [6, 6.07) is 27.7. The number of hydrogen-bond acceptors (Lipinski definition) is 10. The van der Waals surface area contributed by atoms with E-state index in [4.69, 9.17) is 27.8 Å². The third-order valence-corrected chi connectivity index (χ3v) is 12.7. The molecule has 6 aromatic rings. The van der Waals surface area contributed by atoms with Gasteiger partial charge in [-0.05, 0) is 146 Å². The van der Waals surface area contributed by atoms with Crippen molar-refractivity contribution in [1.82, 2.24) is 9.97 Å². The predicted molar refractivity (Wildman–Crippen MR) is 285 cm³/mol. The van der Waals surface area contributed by atoms with Crippen molar-refractivity contribution in [3.63, 3.8) is 0 Å². The average molecular weight is 985 g/mol. The SMILES string of the molecule is CC(=O)c1c(C)cccc1CO[C@@H]1CCC[C@H](OCc2nc(-c3ccc(C)cc3)oc2C)C1.CCC.CCC.Cc1ccc(-c2nc(CO[C@H]3CCC[C@@H](OCc4cccc(C)c4C(=O)O)C3)c(C)o2)cc1. The molecule has 388 valence electrons. The minimum absolute atomic E-state index is 0.0485. The van der Waals surface area contributed by atoms with Gasteiger partial charge < -0.3 is 32.9 Å². The van der Waals surface area contributed by atoms with E-state index < -0.39 is 5.97 Å². The summed E-state index contributed by atoms with van der Waals surface area (Å²) in [5.74, 6) is 1.99. The van der Waals surface area contributed by atoms with Crippen molar-refractivity contribution < 1.29 is 42.5 Å². The van der Waals surface area contributed by atoms with Gasteiger partial charge in [0, 0.05) is 16.7 Å². The number of aromatic carboxylic acids is 1. The summed E-state index contributed by atoms with van der Waals surface area (Å²) in [4.78, 5) is 33.0. The number of hydrogen-bond donors (Lipinski definition) is 1. The summed E-state index contributed by atoms with van der Waals surface area (Å²) in [6.07, 6.45) is 10.6. The Hall–Kier alpha value is -5.72. The number of oxazole rings is 2. The largest absolute Gasteiger partial charge is 0.478 e. The van der Waals surface area contributed by atoms with Crippen molar-refractivity contribution in [1.29, 1.82) is 0 Å². The lowest BCUT2D eigenvalue weighted by Gasteiger charge is -2.29. The molecule has 0 aliphatic heterocycles. The first kappa shape index (κ1) is 57.2. The number of carboxylic acids is 1. The Bertz CT molecular complexity index is 2410. The third-order valence-electron chi connectivity index (χ3n) is 12.7. The molecule has 2 aliphatic rings. The zero-order valence-electron chi connectivity index (χ0n) is 44.9. The van der Waals surface area contributed by atoms with Crippen LogP contribution in [0.15, 0.2) is 93.8 Å². The number of aryl methyl sites for hydroxylation is 6. The van der Waals surface area contributed by atoms with E-state index >= 15 is 0 Å². The van der Waals surface area contributed by atoms with Crippen LogP contribution in [0.3, 0.4) is 0 Å². The Morgan fingerprint density at radius 1 is 0.528 bits per heavy atom. The van der Waals surface area contributed by atoms with Gasteiger partial charge in [-0.2, -0.15) is 0 Å². The first-order valence-corrected chi connectivity index (χ1v) is 26.1. The molecule has 2 aromatic heterocycles. The van der Waals surface area contributed by atoms with Gasteiger partial charge in [-0.15, -0.1) is 0 Å². The molecular formula is C61H80N2O9. The number of nitrogens with zero attached hydrogens (tertiary/aromatic N) is 2. The number of ketones is 1. The Morgan fingerprint density at radius 3 is 1.24 bits per heavy atom. The molecule has 2 saturated carbocycles. The van der Waals surface area contributed by atoms with Crippen molar-refractivity contribution in [3.8, 4) is 22.9 Å². The highest BCUT2D eigenvalue weighted by molar-refractivity contribution is 5.97. The van der Waals surface area contributed by atoms with Gasteiger partial charge in [-0.25, -0.2) is 14.8 Å². The highest BCUT2D eigenvalue weighted by Crippen LogP contribution is 2.30. The van der Waals surface area contributed by atoms with E-state index in [1.54, 1.807) is 6.92 Å². The maximum Gasteiger partial charge on any atom is 0.336 e. The zero-order chi connectivity index (χ0) is 52.2. The van der Waals surface area contributed by atoms with Gasteiger partial charge >= 0.3 is 5.97 Å². The lowest BCUT2D eigenvalue weighted by molar-refractivity contribution is -0.0565. The summed E-state index contributed by atoms with van der Waals surface area (Å²) in [7, 11) is 0. The second-order valence-corrected chi connectivity index (χ2v) is 19.3. The van der Waals surface area contributed by atoms with Crippen LogP contribution in [-0.2, 0) is 45.4 Å². The van der Waals surface area contributed by atoms with Crippen LogP contribution in [-0.4, -0.2) is 51.2 Å². The second kappa shape index (κ2) is 29.1. The van der Waals surface area contributed by atoms with Crippen LogP contribution < -0.4 is 0 Å². The van der Waals surface area contributed by atoms with Crippen molar-refractivity contribution >= 4 is 11.8 Å². The van der Waals surface area contributed by atoms with E-state index in [0.29, 0.717) is 49.3 Å². The van der Waals surface area contributed by atoms with E-state index in [9.17, 15) is 14.7 Å². The van der Waals surface area contributed by atoms with Crippen molar-refractivity contribution in [2.24, 2.45) is 0 Å². The fourth-order valence-corrected chi connectivity index (χ4v) is 8.89. The Balaban J connectivity index is 0.000000241. The van der Waals surface area contributed by atoms with Crippen LogP contribution in [0.1, 0.15) is 176 Å². The molecule has 11 heteroatoms. The Morgan fingerprint density at radius 2 is 0.875 bits per heavy atom. The van der Waals surface area contributed by atoms with Gasteiger partial charge in [0.05, 0.1) is 56.4 Å². The lowest BCUT2D eigenvalue weighted by atomic mass is 9.94. The van der Waals surface area contributed by atoms with E-state index in [1.165, 1.54) is 24.0 Å². The van der Waals surface area contributed by atoms with Gasteiger partial charge in [0.25, 0.3) is 0 Å². The molecule has 2 heterocycles. The molecule has 0 unspecified atom stereocenters. The lowest BCUT2D eigenvalue weighted by Crippen LogP contribution is -2.28. The van der Waals surface area contributed by atoms with E-state index in [1.807, 2.05) is 100 Å². The molecule has 1 N–H and O–H groups in total. The Kier molecular flexibility index (Phi) is 23.1. The molecule has 4 atom stereocenters. The van der Waals surface area contributed by atoms with Crippen LogP contribution in [0, 0.1) is 41.5 Å². The number of benzene rings is 4. The summed E-state index contributed by atoms with van der Waals surface area (Å²) in [5.41, 5.74) is 10.6. The predicted octanol–water partition coefficient (Wildman–Crippen LogP) is 15.4. The van der Waals surface area contributed by atoms with Gasteiger partial charge in [-0.1, -0.05) is 112 Å². The molecule has 0 radical (unpaired) electrons. The zero-order valence-corrected chi connectivity index (χ0v) is 44.9. The average Bonchev–Trinajstić information content (AvgIpc) is 3.93. The van der Waals surface area contributed by atoms with Crippen molar-refractivity contribution in [2.45, 2.75) is 191 Å². The molecule has 4 aromatic carbocycles. The molecule has 11 nitrogen and oxygen atoms in total. The van der Waals surface area contributed by atoms with Crippen molar-refractivity contribution in [2.75, 3.05) is 0 Å². The first-order valence-electron chi connectivity index (χ1n) is 26.1. The standard InChI is InChI=1S/C28H33NO4.C27H31NO5.2C3H8/c1-18-11-13-22(14-12-18)28-29-26(21(4)33-28)17-32-25-10-6-9-24(15-25)31-16-23-8-5-7-19(2)27(23)20(3)30;1-17-10-12-20(13-11-17)26-28-24(19(3)33-26)16-32-23-9-5-8-22(14-23)31-15-21-7-4-6-18(2)25(21)27(29)30;2*1-3-2/h5,7-8,11-14,24-25H,6,9-10,15-17H2,1-4H3;4,6-7,10-13,22-23H,5,8-9,14-16H2,1-3H3,(H,29,30);2*3H2,1-2H3/t24-,25+;22-,23+;;/m11../s1. The molecule has 8 rings (SSSR count). The van der Waals surface area contributed by atoms with Gasteiger partial charge in [0.15, 0.2) is 5.78 Å². The van der Waals surface area contributed by atoms with Crippen LogP contribution >= 0.6 is 0 Å². The highest BCUT2D eigenvalue weighted by atomic mass is 16.5. The van der Waals surface area contributed by atoms with E-state index in [2.05, 4.69) is 63.6 Å². The number of carbonyl (C=O) groups is 2. The minimum Gasteiger partial charge on any atom is -0.478 e. The van der Waals surface area contributed by atoms with Crippen LogP contribution in [0.25, 0.3) is 22.9 Å². The number of Topliss-reactive ketones (excluding diaryl/α,β-unsaturated/α-hetero) is 1. The molecule has 2 fully saturated rings. The number of carbonyl (C=O) groups excluding carboxylic acids is 1. The summed E-state index contributed by atoms with van der Waals surface area (Å²) < 4.78 is 36.5. The second-order valence-electron chi connectivity index (χ2n) is 19.3. The van der Waals surface area contributed by atoms with Crippen LogP contribution in [0.5, 0.6) is 0 Å². The summed E-state index contributed by atoms with van der Waals surface area (Å²) in [6.45, 7) is 23.5. The summed E-state index contributed by atoms with van der Waals surface area (Å²) >= 11 is 0. The third kappa shape index (κ3) is 17.2. The monoisotopic (exact) mass is 985 g/mol. The number of rotatable bonds is 16. The quantitative estimate of drug-likeness (QED) is 0.0926. The van der Waals surface area contributed by atoms with Gasteiger partial charge in [-0.3, -0.25) is 4.79 Å². The Labute approximate surface area is 429 Å².